The number of sulfone groups is 1. The Morgan fingerprint density at radius 2 is 1.72 bits per heavy atom. The van der Waals surface area contributed by atoms with Gasteiger partial charge in [-0.1, -0.05) is 50.2 Å². The molecular formula is C23H25N3O2S. The lowest BCUT2D eigenvalue weighted by atomic mass is 10.1. The van der Waals surface area contributed by atoms with Crippen molar-refractivity contribution >= 4 is 26.3 Å². The summed E-state index contributed by atoms with van der Waals surface area (Å²) in [7, 11) is -3.65. The highest BCUT2D eigenvalue weighted by Crippen LogP contribution is 2.28. The highest BCUT2D eigenvalue weighted by molar-refractivity contribution is 7.91. The number of benzene rings is 2. The van der Waals surface area contributed by atoms with Crippen molar-refractivity contribution in [1.82, 2.24) is 14.3 Å². The molecule has 0 radical (unpaired) electrons. The minimum atomic E-state index is -3.65. The minimum Gasteiger partial charge on any atom is -0.303 e. The maximum absolute atomic E-state index is 13.4. The molecule has 0 aliphatic rings. The van der Waals surface area contributed by atoms with Crippen LogP contribution in [-0.2, 0) is 16.3 Å². The Morgan fingerprint density at radius 3 is 2.52 bits per heavy atom. The summed E-state index contributed by atoms with van der Waals surface area (Å²) >= 11 is 0. The highest BCUT2D eigenvalue weighted by Gasteiger charge is 2.21. The second-order valence-corrected chi connectivity index (χ2v) is 9.02. The second-order valence-electron chi connectivity index (χ2n) is 7.10. The van der Waals surface area contributed by atoms with Crippen LogP contribution in [0, 0.1) is 0 Å². The second kappa shape index (κ2) is 7.97. The maximum Gasteiger partial charge on any atom is 0.208 e. The lowest BCUT2D eigenvalue weighted by Gasteiger charge is -2.17. The monoisotopic (exact) mass is 407 g/mol. The van der Waals surface area contributed by atoms with Crippen LogP contribution in [0.5, 0.6) is 0 Å². The van der Waals surface area contributed by atoms with Gasteiger partial charge in [-0.2, -0.15) is 0 Å². The molecule has 0 saturated carbocycles. The zero-order valence-electron chi connectivity index (χ0n) is 16.7. The van der Waals surface area contributed by atoms with Crippen molar-refractivity contribution in [3.63, 3.8) is 0 Å². The van der Waals surface area contributed by atoms with Crippen molar-refractivity contribution in [3.05, 3.63) is 72.7 Å². The normalized spacial score (nSPS) is 12.2. The molecule has 5 nitrogen and oxygen atoms in total. The van der Waals surface area contributed by atoms with Crippen molar-refractivity contribution in [2.45, 2.75) is 30.1 Å². The molecule has 0 atom stereocenters. The minimum absolute atomic E-state index is 0.281. The fourth-order valence-electron chi connectivity index (χ4n) is 3.72. The van der Waals surface area contributed by atoms with Gasteiger partial charge in [-0.25, -0.2) is 13.4 Å². The molecule has 4 aromatic rings. The van der Waals surface area contributed by atoms with E-state index in [-0.39, 0.29) is 4.90 Å². The predicted molar refractivity (Wildman–Crippen MR) is 116 cm³/mol. The van der Waals surface area contributed by atoms with E-state index in [1.54, 1.807) is 30.5 Å². The lowest BCUT2D eigenvalue weighted by Crippen LogP contribution is -2.25. The predicted octanol–water partition coefficient (Wildman–Crippen LogP) is 4.20. The lowest BCUT2D eigenvalue weighted by molar-refractivity contribution is 0.306. The van der Waals surface area contributed by atoms with E-state index in [0.29, 0.717) is 4.90 Å². The number of rotatable bonds is 7. The van der Waals surface area contributed by atoms with E-state index in [2.05, 4.69) is 23.7 Å². The Hall–Kier alpha value is -2.70. The average molecular weight is 408 g/mol. The van der Waals surface area contributed by atoms with Gasteiger partial charge < -0.3 is 9.30 Å². The standard InChI is InChI=1S/C23H25N3O2S/c1-3-25(4-2)15-14-19-16-24-23-13-12-20(17-26(19)23)29(27,28)22-11-7-9-18-8-5-6-10-21(18)22/h5-13,16-17H,3-4,14-15H2,1-2H3. The number of hydrogen-bond donors (Lipinski definition) is 0. The Morgan fingerprint density at radius 1 is 0.966 bits per heavy atom. The Balaban J connectivity index is 1.76. The van der Waals surface area contributed by atoms with Crippen LogP contribution in [0.2, 0.25) is 0 Å². The fraction of sp³-hybridized carbons (Fsp3) is 0.261. The van der Waals surface area contributed by atoms with Crippen LogP contribution in [0.15, 0.2) is 76.8 Å². The summed E-state index contributed by atoms with van der Waals surface area (Å²) in [5.74, 6) is 0. The largest absolute Gasteiger partial charge is 0.303 e. The first-order valence-electron chi connectivity index (χ1n) is 9.95. The molecule has 4 rings (SSSR count). The molecule has 6 heteroatoms. The van der Waals surface area contributed by atoms with E-state index in [9.17, 15) is 8.42 Å². The Bertz CT molecular complexity index is 1250. The van der Waals surface area contributed by atoms with Gasteiger partial charge in [0.05, 0.1) is 9.79 Å². The number of hydrogen-bond acceptors (Lipinski definition) is 4. The molecule has 29 heavy (non-hydrogen) atoms. The molecule has 0 N–H and O–H groups in total. The van der Waals surface area contributed by atoms with E-state index < -0.39 is 9.84 Å². The molecule has 2 aromatic carbocycles. The van der Waals surface area contributed by atoms with E-state index >= 15 is 0 Å². The molecule has 0 spiro atoms. The third-order valence-corrected chi connectivity index (χ3v) is 7.28. The highest BCUT2D eigenvalue weighted by atomic mass is 32.2. The van der Waals surface area contributed by atoms with Crippen LogP contribution in [0.1, 0.15) is 19.5 Å². The van der Waals surface area contributed by atoms with Crippen molar-refractivity contribution in [2.24, 2.45) is 0 Å². The molecule has 0 fully saturated rings. The number of fused-ring (bicyclic) bond motifs is 2. The summed E-state index contributed by atoms with van der Waals surface area (Å²) in [5, 5.41) is 1.65. The summed E-state index contributed by atoms with van der Waals surface area (Å²) in [6, 6.07) is 16.4. The molecule has 0 amide bonds. The topological polar surface area (TPSA) is 54.7 Å². The van der Waals surface area contributed by atoms with E-state index in [1.807, 2.05) is 40.9 Å². The van der Waals surface area contributed by atoms with Crippen molar-refractivity contribution < 1.29 is 8.42 Å². The van der Waals surface area contributed by atoms with Crippen LogP contribution in [0.25, 0.3) is 16.4 Å². The SMILES string of the molecule is CCN(CC)CCc1cnc2ccc(S(=O)(=O)c3cccc4ccccc34)cn12. The van der Waals surface area contributed by atoms with Crippen molar-refractivity contribution in [1.29, 1.82) is 0 Å². The molecule has 2 aromatic heterocycles. The molecule has 2 heterocycles. The van der Waals surface area contributed by atoms with Crippen LogP contribution in [0.3, 0.4) is 0 Å². The van der Waals surface area contributed by atoms with Gasteiger partial charge in [-0.3, -0.25) is 0 Å². The van der Waals surface area contributed by atoms with Gasteiger partial charge in [0.1, 0.15) is 5.65 Å². The van der Waals surface area contributed by atoms with Gasteiger partial charge >= 0.3 is 0 Å². The van der Waals surface area contributed by atoms with Gasteiger partial charge in [0.15, 0.2) is 0 Å². The Labute approximate surface area is 171 Å². The molecule has 0 bridgehead atoms. The molecular weight excluding hydrogens is 382 g/mol. The maximum atomic E-state index is 13.4. The third-order valence-electron chi connectivity index (χ3n) is 5.48. The van der Waals surface area contributed by atoms with Crippen LogP contribution in [-0.4, -0.2) is 42.3 Å². The van der Waals surface area contributed by atoms with E-state index in [0.717, 1.165) is 48.2 Å². The van der Waals surface area contributed by atoms with Crippen LogP contribution >= 0.6 is 0 Å². The number of nitrogens with zero attached hydrogens (tertiary/aromatic N) is 3. The van der Waals surface area contributed by atoms with Crippen molar-refractivity contribution in [2.75, 3.05) is 19.6 Å². The molecule has 150 valence electrons. The molecule has 0 aliphatic carbocycles. The number of pyridine rings is 1. The Kier molecular flexibility index (Phi) is 5.39. The average Bonchev–Trinajstić information content (AvgIpc) is 3.16. The molecule has 0 unspecified atom stereocenters. The first-order valence-corrected chi connectivity index (χ1v) is 11.4. The fourth-order valence-corrected chi connectivity index (χ4v) is 5.20. The zero-order valence-corrected chi connectivity index (χ0v) is 17.6. The van der Waals surface area contributed by atoms with E-state index in [4.69, 9.17) is 0 Å². The summed E-state index contributed by atoms with van der Waals surface area (Å²) in [5.41, 5.74) is 1.78. The summed E-state index contributed by atoms with van der Waals surface area (Å²) in [6.07, 6.45) is 4.37. The quantitative estimate of drug-likeness (QED) is 0.461. The van der Waals surface area contributed by atoms with Crippen LogP contribution < -0.4 is 0 Å². The van der Waals surface area contributed by atoms with Gasteiger partial charge in [-0.05, 0) is 36.7 Å². The van der Waals surface area contributed by atoms with Crippen molar-refractivity contribution in [3.8, 4) is 0 Å². The van der Waals surface area contributed by atoms with Gasteiger partial charge in [0.25, 0.3) is 0 Å². The number of likely N-dealkylation sites (N-methyl/N-ethyl adjacent to an activating group) is 1. The third kappa shape index (κ3) is 3.66. The van der Waals surface area contributed by atoms with Gasteiger partial charge in [0, 0.05) is 36.4 Å². The smallest absolute Gasteiger partial charge is 0.208 e. The number of aromatic nitrogens is 2. The summed E-state index contributed by atoms with van der Waals surface area (Å²) in [6.45, 7) is 7.20. The molecule has 0 saturated heterocycles. The number of imidazole rings is 1. The van der Waals surface area contributed by atoms with Gasteiger partial charge in [0.2, 0.25) is 9.84 Å². The first-order chi connectivity index (χ1) is 14.0. The van der Waals surface area contributed by atoms with E-state index in [1.165, 1.54) is 0 Å². The molecule has 0 aliphatic heterocycles. The summed E-state index contributed by atoms with van der Waals surface area (Å²) < 4.78 is 28.8. The van der Waals surface area contributed by atoms with Gasteiger partial charge in [-0.15, -0.1) is 0 Å². The first kappa shape index (κ1) is 19.6. The zero-order chi connectivity index (χ0) is 20.4. The van der Waals surface area contributed by atoms with Crippen LogP contribution in [0.4, 0.5) is 0 Å². The summed E-state index contributed by atoms with van der Waals surface area (Å²) in [4.78, 5) is 7.40.